The monoisotopic (exact) mass is 438 g/mol. The van der Waals surface area contributed by atoms with Crippen LogP contribution in [0, 0.1) is 6.92 Å². The highest BCUT2D eigenvalue weighted by atomic mass is 16.6. The van der Waals surface area contributed by atoms with Crippen molar-refractivity contribution >= 4 is 23.0 Å². The first kappa shape index (κ1) is 21.5. The smallest absolute Gasteiger partial charge is 0.409 e. The third-order valence-corrected chi connectivity index (χ3v) is 5.59. The van der Waals surface area contributed by atoms with Gasteiger partial charge in [0.05, 0.1) is 18.6 Å². The van der Waals surface area contributed by atoms with Crippen LogP contribution in [-0.4, -0.2) is 62.0 Å². The molecular weight excluding hydrogens is 412 g/mol. The van der Waals surface area contributed by atoms with E-state index in [9.17, 15) is 14.4 Å². The lowest BCUT2D eigenvalue weighted by molar-refractivity contribution is 0.0857. The molecule has 10 nitrogen and oxygen atoms in total. The normalized spacial score (nSPS) is 14.5. The topological polar surface area (TPSA) is 111 Å². The number of aryl methyl sites for hydroxylation is 2. The van der Waals surface area contributed by atoms with Gasteiger partial charge in [-0.3, -0.25) is 9.59 Å². The van der Waals surface area contributed by atoms with Gasteiger partial charge in [-0.15, -0.1) is 0 Å². The molecule has 168 valence electrons. The molecule has 1 aliphatic rings. The van der Waals surface area contributed by atoms with Gasteiger partial charge >= 0.3 is 6.09 Å². The Kier molecular flexibility index (Phi) is 5.93. The summed E-state index contributed by atoms with van der Waals surface area (Å²) in [6.07, 6.45) is 2.27. The number of nitrogens with one attached hydrogen (secondary N) is 1. The van der Waals surface area contributed by atoms with Crippen molar-refractivity contribution in [1.82, 2.24) is 29.5 Å². The Hall–Kier alpha value is -3.69. The lowest BCUT2D eigenvalue weighted by atomic mass is 10.1. The van der Waals surface area contributed by atoms with Crippen LogP contribution >= 0.6 is 0 Å². The van der Waals surface area contributed by atoms with Gasteiger partial charge in [0.25, 0.3) is 11.5 Å². The fourth-order valence-electron chi connectivity index (χ4n) is 3.79. The molecule has 1 N–H and O–H groups in total. The summed E-state index contributed by atoms with van der Waals surface area (Å²) in [6, 6.07) is 7.42. The van der Waals surface area contributed by atoms with Gasteiger partial charge < -0.3 is 19.5 Å². The van der Waals surface area contributed by atoms with Crippen molar-refractivity contribution in [2.24, 2.45) is 7.05 Å². The first-order valence-electron chi connectivity index (χ1n) is 10.6. The molecule has 1 aliphatic heterocycles. The average Bonchev–Trinajstić information content (AvgIpc) is 3.18. The van der Waals surface area contributed by atoms with Crippen LogP contribution in [0.3, 0.4) is 0 Å². The first-order chi connectivity index (χ1) is 15.4. The minimum Gasteiger partial charge on any atom is -0.450 e. The SMILES string of the molecule is CCOC(=O)N1CCC(NC(=O)c2nn(-c3ccc(C)cc3)c3c(=O)n(C)cnc23)CC1. The number of likely N-dealkylation sites (tertiary alicyclic amines) is 1. The number of fused-ring (bicyclic) bond motifs is 1. The number of amides is 2. The Bertz CT molecular complexity index is 1210. The van der Waals surface area contributed by atoms with Gasteiger partial charge in [-0.1, -0.05) is 17.7 Å². The number of aromatic nitrogens is 4. The van der Waals surface area contributed by atoms with E-state index in [0.717, 1.165) is 5.56 Å². The Morgan fingerprint density at radius 3 is 2.53 bits per heavy atom. The van der Waals surface area contributed by atoms with Gasteiger partial charge in [0.15, 0.2) is 11.2 Å². The zero-order valence-electron chi connectivity index (χ0n) is 18.4. The van der Waals surface area contributed by atoms with E-state index >= 15 is 0 Å². The van der Waals surface area contributed by atoms with Gasteiger partial charge in [0, 0.05) is 26.2 Å². The number of ether oxygens (including phenoxy) is 1. The van der Waals surface area contributed by atoms with E-state index < -0.39 is 5.91 Å². The minimum atomic E-state index is -0.392. The standard InChI is InChI=1S/C22H26N6O4/c1-4-32-22(31)27-11-9-15(10-12-27)24-20(29)18-17-19(21(30)26(3)13-23-17)28(25-18)16-7-5-14(2)6-8-16/h5-8,13,15H,4,9-12H2,1-3H3,(H,24,29). The number of piperidine rings is 1. The molecule has 2 amide bonds. The summed E-state index contributed by atoms with van der Waals surface area (Å²) in [5.74, 6) is -0.392. The van der Waals surface area contributed by atoms with Crippen LogP contribution in [0.1, 0.15) is 35.8 Å². The van der Waals surface area contributed by atoms with E-state index in [1.54, 1.807) is 18.9 Å². The molecule has 32 heavy (non-hydrogen) atoms. The molecule has 1 aromatic carbocycles. The Morgan fingerprint density at radius 1 is 1.19 bits per heavy atom. The van der Waals surface area contributed by atoms with Gasteiger partial charge in [-0.2, -0.15) is 5.10 Å². The van der Waals surface area contributed by atoms with Crippen LogP contribution in [0.4, 0.5) is 4.79 Å². The fourth-order valence-corrected chi connectivity index (χ4v) is 3.79. The molecule has 1 saturated heterocycles. The van der Waals surface area contributed by atoms with Crippen LogP contribution in [-0.2, 0) is 11.8 Å². The number of carbonyl (C=O) groups excluding carboxylic acids is 2. The highest BCUT2D eigenvalue weighted by Crippen LogP contribution is 2.19. The Morgan fingerprint density at radius 2 is 1.88 bits per heavy atom. The van der Waals surface area contributed by atoms with Crippen LogP contribution in [0.15, 0.2) is 35.4 Å². The van der Waals surface area contributed by atoms with E-state index in [0.29, 0.717) is 38.2 Å². The van der Waals surface area contributed by atoms with Crippen molar-refractivity contribution in [2.75, 3.05) is 19.7 Å². The number of rotatable bonds is 4. The van der Waals surface area contributed by atoms with Gasteiger partial charge in [0.1, 0.15) is 5.52 Å². The maximum Gasteiger partial charge on any atom is 0.409 e. The molecule has 4 rings (SSSR count). The predicted octanol–water partition coefficient (Wildman–Crippen LogP) is 1.78. The zero-order chi connectivity index (χ0) is 22.8. The molecule has 1 fully saturated rings. The van der Waals surface area contributed by atoms with Crippen LogP contribution in [0.2, 0.25) is 0 Å². The maximum atomic E-state index is 13.1. The number of carbonyl (C=O) groups is 2. The second-order valence-corrected chi connectivity index (χ2v) is 7.89. The van der Waals surface area contributed by atoms with E-state index in [-0.39, 0.29) is 34.4 Å². The van der Waals surface area contributed by atoms with Crippen molar-refractivity contribution in [3.05, 3.63) is 52.2 Å². The number of hydrogen-bond acceptors (Lipinski definition) is 6. The first-order valence-corrected chi connectivity index (χ1v) is 10.6. The molecule has 0 bridgehead atoms. The summed E-state index contributed by atoms with van der Waals surface area (Å²) < 4.78 is 7.87. The minimum absolute atomic E-state index is 0.103. The summed E-state index contributed by atoms with van der Waals surface area (Å²) in [6.45, 7) is 5.07. The number of hydrogen-bond donors (Lipinski definition) is 1. The van der Waals surface area contributed by atoms with Crippen LogP contribution in [0.5, 0.6) is 0 Å². The highest BCUT2D eigenvalue weighted by Gasteiger charge is 2.28. The van der Waals surface area contributed by atoms with Crippen molar-refractivity contribution in [3.8, 4) is 5.69 Å². The lowest BCUT2D eigenvalue weighted by Crippen LogP contribution is -2.46. The second-order valence-electron chi connectivity index (χ2n) is 7.89. The Labute approximate surface area is 184 Å². The maximum absolute atomic E-state index is 13.1. The number of benzene rings is 1. The second kappa shape index (κ2) is 8.81. The summed E-state index contributed by atoms with van der Waals surface area (Å²) in [7, 11) is 1.61. The molecular formula is C22H26N6O4. The summed E-state index contributed by atoms with van der Waals surface area (Å²) >= 11 is 0. The predicted molar refractivity (Wildman–Crippen MR) is 118 cm³/mol. The van der Waals surface area contributed by atoms with E-state index in [2.05, 4.69) is 15.4 Å². The third kappa shape index (κ3) is 4.08. The zero-order valence-corrected chi connectivity index (χ0v) is 18.4. The van der Waals surface area contributed by atoms with E-state index in [1.807, 2.05) is 31.2 Å². The van der Waals surface area contributed by atoms with Gasteiger partial charge in [-0.25, -0.2) is 14.5 Å². The summed E-state index contributed by atoms with van der Waals surface area (Å²) in [4.78, 5) is 43.8. The van der Waals surface area contributed by atoms with Crippen molar-refractivity contribution in [1.29, 1.82) is 0 Å². The fraction of sp³-hybridized carbons (Fsp3) is 0.409. The van der Waals surface area contributed by atoms with Crippen LogP contribution < -0.4 is 10.9 Å². The van der Waals surface area contributed by atoms with Gasteiger partial charge in [0.2, 0.25) is 0 Å². The molecule has 2 aromatic heterocycles. The molecule has 0 unspecified atom stereocenters. The quantitative estimate of drug-likeness (QED) is 0.665. The van der Waals surface area contributed by atoms with Crippen molar-refractivity contribution < 1.29 is 14.3 Å². The van der Waals surface area contributed by atoms with Gasteiger partial charge in [-0.05, 0) is 38.8 Å². The molecule has 0 atom stereocenters. The largest absolute Gasteiger partial charge is 0.450 e. The van der Waals surface area contributed by atoms with E-state index in [1.165, 1.54) is 15.6 Å². The number of nitrogens with zero attached hydrogens (tertiary/aromatic N) is 5. The average molecular weight is 438 g/mol. The molecule has 0 aliphatic carbocycles. The third-order valence-electron chi connectivity index (χ3n) is 5.59. The summed E-state index contributed by atoms with van der Waals surface area (Å²) in [5, 5.41) is 7.45. The lowest BCUT2D eigenvalue weighted by Gasteiger charge is -2.31. The van der Waals surface area contributed by atoms with Crippen molar-refractivity contribution in [2.45, 2.75) is 32.7 Å². The molecule has 10 heteroatoms. The van der Waals surface area contributed by atoms with E-state index in [4.69, 9.17) is 4.74 Å². The summed E-state index contributed by atoms with van der Waals surface area (Å²) in [5.41, 5.74) is 2.07. The van der Waals surface area contributed by atoms with Crippen LogP contribution in [0.25, 0.3) is 16.7 Å². The molecule has 0 saturated carbocycles. The van der Waals surface area contributed by atoms with Crippen molar-refractivity contribution in [3.63, 3.8) is 0 Å². The molecule has 0 spiro atoms. The Balaban J connectivity index is 1.60. The highest BCUT2D eigenvalue weighted by molar-refractivity contribution is 6.03. The molecule has 3 aromatic rings. The molecule has 0 radical (unpaired) electrons. The molecule has 3 heterocycles.